The lowest BCUT2D eigenvalue weighted by molar-refractivity contribution is -0.129. The summed E-state index contributed by atoms with van der Waals surface area (Å²) >= 11 is 0. The molecule has 0 bridgehead atoms. The largest absolute Gasteiger partial charge is 0.376 e. The van der Waals surface area contributed by atoms with E-state index >= 15 is 0 Å². The third-order valence-electron chi connectivity index (χ3n) is 3.35. The summed E-state index contributed by atoms with van der Waals surface area (Å²) in [7, 11) is 1.69. The van der Waals surface area contributed by atoms with Gasteiger partial charge in [0.1, 0.15) is 5.78 Å². The molecule has 1 fully saturated rings. The summed E-state index contributed by atoms with van der Waals surface area (Å²) in [6.07, 6.45) is 3.81. The quantitative estimate of drug-likeness (QED) is 0.779. The Kier molecular flexibility index (Phi) is 3.73. The molecular formula is C14H18O2. The summed E-state index contributed by atoms with van der Waals surface area (Å²) in [5.41, 5.74) is 1.12. The SMILES string of the molecule is CO[C@H](c1ccccc1)[C@@H]1CCCCC1=O. The third-order valence-corrected chi connectivity index (χ3v) is 3.35. The van der Waals surface area contributed by atoms with Crippen molar-refractivity contribution in [2.24, 2.45) is 5.92 Å². The molecule has 0 heterocycles. The van der Waals surface area contributed by atoms with Crippen molar-refractivity contribution in [2.75, 3.05) is 7.11 Å². The summed E-state index contributed by atoms with van der Waals surface area (Å²) in [5, 5.41) is 0. The zero-order valence-corrected chi connectivity index (χ0v) is 9.69. The minimum Gasteiger partial charge on any atom is -0.376 e. The van der Waals surface area contributed by atoms with Gasteiger partial charge in [0.2, 0.25) is 0 Å². The molecule has 2 atom stereocenters. The van der Waals surface area contributed by atoms with Gasteiger partial charge in [0, 0.05) is 19.4 Å². The van der Waals surface area contributed by atoms with Crippen LogP contribution in [-0.2, 0) is 9.53 Å². The predicted octanol–water partition coefficient (Wildman–Crippen LogP) is 3.13. The Morgan fingerprint density at radius 3 is 2.62 bits per heavy atom. The second kappa shape index (κ2) is 5.26. The van der Waals surface area contributed by atoms with Crippen molar-refractivity contribution in [1.82, 2.24) is 0 Å². The lowest BCUT2D eigenvalue weighted by Gasteiger charge is -2.28. The van der Waals surface area contributed by atoms with Gasteiger partial charge in [-0.3, -0.25) is 4.79 Å². The molecule has 0 amide bonds. The Labute approximate surface area is 96.6 Å². The molecule has 0 spiro atoms. The van der Waals surface area contributed by atoms with Crippen molar-refractivity contribution < 1.29 is 9.53 Å². The molecule has 0 aliphatic heterocycles. The molecule has 1 aliphatic carbocycles. The van der Waals surface area contributed by atoms with E-state index in [0.717, 1.165) is 31.2 Å². The molecule has 2 heteroatoms. The van der Waals surface area contributed by atoms with E-state index in [-0.39, 0.29) is 12.0 Å². The van der Waals surface area contributed by atoms with Crippen molar-refractivity contribution in [3.63, 3.8) is 0 Å². The molecule has 1 aromatic carbocycles. The summed E-state index contributed by atoms with van der Waals surface area (Å²) in [6.45, 7) is 0. The van der Waals surface area contributed by atoms with Gasteiger partial charge in [0.15, 0.2) is 0 Å². The molecule has 0 saturated heterocycles. The first-order valence-corrected chi connectivity index (χ1v) is 5.93. The number of ether oxygens (including phenoxy) is 1. The molecule has 2 rings (SSSR count). The molecule has 1 saturated carbocycles. The van der Waals surface area contributed by atoms with E-state index in [4.69, 9.17) is 4.74 Å². The maximum Gasteiger partial charge on any atom is 0.138 e. The van der Waals surface area contributed by atoms with E-state index in [9.17, 15) is 4.79 Å². The topological polar surface area (TPSA) is 26.3 Å². The van der Waals surface area contributed by atoms with Crippen LogP contribution in [0.1, 0.15) is 37.4 Å². The first kappa shape index (κ1) is 11.3. The normalized spacial score (nSPS) is 23.1. The van der Waals surface area contributed by atoms with E-state index in [2.05, 4.69) is 0 Å². The van der Waals surface area contributed by atoms with Crippen LogP contribution in [0, 0.1) is 5.92 Å². The fourth-order valence-corrected chi connectivity index (χ4v) is 2.51. The van der Waals surface area contributed by atoms with Gasteiger partial charge in [-0.25, -0.2) is 0 Å². The summed E-state index contributed by atoms with van der Waals surface area (Å²) in [6, 6.07) is 10.0. The fraction of sp³-hybridized carbons (Fsp3) is 0.500. The second-order valence-corrected chi connectivity index (χ2v) is 4.39. The number of carbonyl (C=O) groups is 1. The molecule has 2 nitrogen and oxygen atoms in total. The highest BCUT2D eigenvalue weighted by atomic mass is 16.5. The highest BCUT2D eigenvalue weighted by Gasteiger charge is 2.31. The molecular weight excluding hydrogens is 200 g/mol. The van der Waals surface area contributed by atoms with Gasteiger partial charge in [-0.05, 0) is 18.4 Å². The van der Waals surface area contributed by atoms with Crippen molar-refractivity contribution in [3.8, 4) is 0 Å². The number of methoxy groups -OCH3 is 1. The van der Waals surface area contributed by atoms with Gasteiger partial charge in [0.25, 0.3) is 0 Å². The molecule has 0 unspecified atom stereocenters. The minimum atomic E-state index is -0.0611. The molecule has 0 N–H and O–H groups in total. The van der Waals surface area contributed by atoms with Gasteiger partial charge in [-0.15, -0.1) is 0 Å². The maximum absolute atomic E-state index is 11.9. The van der Waals surface area contributed by atoms with Crippen LogP contribution in [0.15, 0.2) is 30.3 Å². The Bertz CT molecular complexity index is 345. The van der Waals surface area contributed by atoms with Gasteiger partial charge in [0.05, 0.1) is 6.10 Å². The Morgan fingerprint density at radius 2 is 2.00 bits per heavy atom. The predicted molar refractivity (Wildman–Crippen MR) is 63.2 cm³/mol. The number of carbonyl (C=O) groups excluding carboxylic acids is 1. The van der Waals surface area contributed by atoms with Crippen molar-refractivity contribution in [1.29, 1.82) is 0 Å². The van der Waals surface area contributed by atoms with Gasteiger partial charge in [-0.2, -0.15) is 0 Å². The lowest BCUT2D eigenvalue weighted by atomic mass is 9.81. The van der Waals surface area contributed by atoms with E-state index in [1.165, 1.54) is 0 Å². The monoisotopic (exact) mass is 218 g/mol. The smallest absolute Gasteiger partial charge is 0.138 e. The number of ketones is 1. The summed E-state index contributed by atoms with van der Waals surface area (Å²) < 4.78 is 5.53. The van der Waals surface area contributed by atoms with Crippen LogP contribution in [0.5, 0.6) is 0 Å². The highest BCUT2D eigenvalue weighted by molar-refractivity contribution is 5.82. The average Bonchev–Trinajstić information content (AvgIpc) is 2.34. The Hall–Kier alpha value is -1.15. The van der Waals surface area contributed by atoms with E-state index in [0.29, 0.717) is 5.78 Å². The molecule has 1 aromatic rings. The first-order valence-electron chi connectivity index (χ1n) is 5.93. The van der Waals surface area contributed by atoms with E-state index in [1.54, 1.807) is 7.11 Å². The number of hydrogen-bond donors (Lipinski definition) is 0. The maximum atomic E-state index is 11.9. The minimum absolute atomic E-state index is 0.0566. The third kappa shape index (κ3) is 2.33. The van der Waals surface area contributed by atoms with Gasteiger partial charge < -0.3 is 4.74 Å². The highest BCUT2D eigenvalue weighted by Crippen LogP contribution is 2.34. The number of rotatable bonds is 3. The number of Topliss-reactive ketones (excluding diaryl/α,β-unsaturated/α-hetero) is 1. The average molecular weight is 218 g/mol. The van der Waals surface area contributed by atoms with Crippen LogP contribution in [0.2, 0.25) is 0 Å². The standard InChI is InChI=1S/C14H18O2/c1-16-14(11-7-3-2-4-8-11)12-9-5-6-10-13(12)15/h2-4,7-8,12,14H,5-6,9-10H2,1H3/t12-,14-/m1/s1. The van der Waals surface area contributed by atoms with E-state index in [1.807, 2.05) is 30.3 Å². The molecule has 16 heavy (non-hydrogen) atoms. The summed E-state index contributed by atoms with van der Waals surface area (Å²) in [5.74, 6) is 0.420. The Morgan fingerprint density at radius 1 is 1.25 bits per heavy atom. The van der Waals surface area contributed by atoms with Crippen molar-refractivity contribution >= 4 is 5.78 Å². The van der Waals surface area contributed by atoms with Crippen molar-refractivity contribution in [3.05, 3.63) is 35.9 Å². The summed E-state index contributed by atoms with van der Waals surface area (Å²) in [4.78, 5) is 11.9. The van der Waals surface area contributed by atoms with Crippen LogP contribution in [-0.4, -0.2) is 12.9 Å². The lowest BCUT2D eigenvalue weighted by Crippen LogP contribution is -2.26. The van der Waals surface area contributed by atoms with Crippen LogP contribution in [0.3, 0.4) is 0 Å². The van der Waals surface area contributed by atoms with Crippen LogP contribution in [0.25, 0.3) is 0 Å². The molecule has 1 aliphatic rings. The van der Waals surface area contributed by atoms with Crippen LogP contribution >= 0.6 is 0 Å². The van der Waals surface area contributed by atoms with Gasteiger partial charge in [-0.1, -0.05) is 36.8 Å². The number of hydrogen-bond acceptors (Lipinski definition) is 2. The van der Waals surface area contributed by atoms with Crippen LogP contribution in [0.4, 0.5) is 0 Å². The zero-order valence-electron chi connectivity index (χ0n) is 9.69. The molecule has 86 valence electrons. The fourth-order valence-electron chi connectivity index (χ4n) is 2.51. The number of benzene rings is 1. The molecule has 0 aromatic heterocycles. The van der Waals surface area contributed by atoms with Gasteiger partial charge >= 0.3 is 0 Å². The van der Waals surface area contributed by atoms with Crippen molar-refractivity contribution in [2.45, 2.75) is 31.8 Å². The van der Waals surface area contributed by atoms with E-state index < -0.39 is 0 Å². The first-order chi connectivity index (χ1) is 7.83. The zero-order chi connectivity index (χ0) is 11.4. The van der Waals surface area contributed by atoms with Crippen LogP contribution < -0.4 is 0 Å². The molecule has 0 radical (unpaired) electrons. The second-order valence-electron chi connectivity index (χ2n) is 4.39. The Balaban J connectivity index is 2.18.